The van der Waals surface area contributed by atoms with Crippen molar-refractivity contribution in [2.45, 2.75) is 50.2 Å². The van der Waals surface area contributed by atoms with Crippen molar-refractivity contribution >= 4 is 30.7 Å². The molecule has 4 atom stereocenters. The number of aromatic nitrogens is 2. The largest absolute Gasteiger partial charge is 0.497 e. The number of aliphatic hydroxyl groups is 1. The van der Waals surface area contributed by atoms with Crippen LogP contribution in [0.3, 0.4) is 0 Å². The Labute approximate surface area is 245 Å². The number of carbonyl (C=O) groups excluding carboxylic acids is 1. The second kappa shape index (κ2) is 10.5. The second-order valence-electron chi connectivity index (χ2n) is 11.8. The van der Waals surface area contributed by atoms with Crippen LogP contribution in [0.5, 0.6) is 5.75 Å². The van der Waals surface area contributed by atoms with Crippen molar-refractivity contribution in [2.75, 3.05) is 18.6 Å². The average molecular weight is 586 g/mol. The number of nitrogens with zero attached hydrogens (tertiary/aromatic N) is 3. The number of hydrogen-bond donors (Lipinski definition) is 2. The lowest BCUT2D eigenvalue weighted by molar-refractivity contribution is -0.146. The minimum Gasteiger partial charge on any atom is -0.497 e. The molecule has 0 saturated carbocycles. The minimum atomic E-state index is -2.80. The number of aliphatic hydroxyl groups excluding tert-OH is 1. The number of carbonyl (C=O) groups is 1. The normalized spacial score (nSPS) is 23.6. The molecule has 2 N–H and O–H groups in total. The number of fused-ring (bicyclic) bond motifs is 3. The van der Waals surface area contributed by atoms with Gasteiger partial charge in [-0.15, -0.1) is 0 Å². The molecule has 10 heteroatoms. The first-order valence-corrected chi connectivity index (χ1v) is 17.2. The summed E-state index contributed by atoms with van der Waals surface area (Å²) in [5.74, 6) is 0.0501. The van der Waals surface area contributed by atoms with E-state index in [0.717, 1.165) is 10.9 Å². The molecule has 0 radical (unpaired) electrons. The van der Waals surface area contributed by atoms with Gasteiger partial charge in [-0.25, -0.2) is 0 Å². The van der Waals surface area contributed by atoms with Crippen LogP contribution < -0.4 is 15.2 Å². The van der Waals surface area contributed by atoms with E-state index in [2.05, 4.69) is 5.10 Å². The molecule has 1 saturated heterocycles. The molecular formula is C32H35N3O6Si. The highest BCUT2D eigenvalue weighted by atomic mass is 28.4. The van der Waals surface area contributed by atoms with Crippen LogP contribution in [0.2, 0.25) is 18.6 Å². The van der Waals surface area contributed by atoms with E-state index in [1.807, 2.05) is 80.7 Å². The number of hydrogen-bond acceptors (Lipinski definition) is 7. The van der Waals surface area contributed by atoms with Gasteiger partial charge in [0.2, 0.25) is 0 Å². The van der Waals surface area contributed by atoms with Crippen molar-refractivity contribution in [2.24, 2.45) is 5.92 Å². The van der Waals surface area contributed by atoms with E-state index in [1.54, 1.807) is 24.3 Å². The van der Waals surface area contributed by atoms with E-state index < -0.39 is 20.0 Å². The van der Waals surface area contributed by atoms with E-state index in [4.69, 9.17) is 9.47 Å². The van der Waals surface area contributed by atoms with E-state index in [1.165, 1.54) is 4.68 Å². The van der Waals surface area contributed by atoms with Gasteiger partial charge < -0.3 is 24.3 Å². The van der Waals surface area contributed by atoms with Gasteiger partial charge in [0, 0.05) is 29.0 Å². The summed E-state index contributed by atoms with van der Waals surface area (Å²) in [4.78, 5) is 40.8. The quantitative estimate of drug-likeness (QED) is 0.314. The van der Waals surface area contributed by atoms with Crippen LogP contribution >= 0.6 is 0 Å². The molecule has 9 nitrogen and oxygen atoms in total. The van der Waals surface area contributed by atoms with Crippen LogP contribution in [0.1, 0.15) is 24.5 Å². The van der Waals surface area contributed by atoms with Crippen molar-refractivity contribution < 1.29 is 24.2 Å². The molecule has 42 heavy (non-hydrogen) atoms. The fraction of sp³-hybridized carbons (Fsp3) is 0.344. The zero-order valence-electron chi connectivity index (χ0n) is 24.2. The molecule has 6 rings (SSSR count). The third kappa shape index (κ3) is 4.37. The molecule has 3 heterocycles. The van der Waals surface area contributed by atoms with Gasteiger partial charge in [0.15, 0.2) is 13.9 Å². The molecule has 0 unspecified atom stereocenters. The molecule has 218 valence electrons. The zero-order chi connectivity index (χ0) is 29.8. The summed E-state index contributed by atoms with van der Waals surface area (Å²) < 4.78 is 13.6. The number of ether oxygens (including phenoxy) is 2. The number of anilines is 1. The third-order valence-electron chi connectivity index (χ3n) is 8.80. The maximum absolute atomic E-state index is 14.5. The number of rotatable bonds is 7. The predicted octanol–water partition coefficient (Wildman–Crippen LogP) is 4.12. The van der Waals surface area contributed by atoms with Crippen LogP contribution in [-0.4, -0.2) is 53.7 Å². The summed E-state index contributed by atoms with van der Waals surface area (Å²) in [5, 5.41) is 15.6. The van der Waals surface area contributed by atoms with Gasteiger partial charge in [-0.3, -0.25) is 9.59 Å². The molecule has 4 aromatic rings. The Morgan fingerprint density at radius 1 is 1.07 bits per heavy atom. The zero-order valence-corrected chi connectivity index (χ0v) is 25.2. The number of methoxy groups -OCH3 is 1. The number of amides is 1. The number of benzene rings is 3. The summed E-state index contributed by atoms with van der Waals surface area (Å²) in [7, 11) is -1.22. The summed E-state index contributed by atoms with van der Waals surface area (Å²) in [6.07, 6.45) is 1.54. The Bertz CT molecular complexity index is 1730. The summed E-state index contributed by atoms with van der Waals surface area (Å²) in [6, 6.07) is 20.3. The van der Waals surface area contributed by atoms with Crippen molar-refractivity contribution in [3.8, 4) is 11.4 Å². The lowest BCUT2D eigenvalue weighted by atomic mass is 9.82. The Hall–Kier alpha value is -3.83. The van der Waals surface area contributed by atoms with Crippen molar-refractivity contribution in [3.05, 3.63) is 94.4 Å². The topological polar surface area (TPSA) is 114 Å². The highest BCUT2D eigenvalue weighted by Gasteiger charge is 2.66. The Kier molecular flexibility index (Phi) is 7.05. The van der Waals surface area contributed by atoms with Gasteiger partial charge >= 0.3 is 0 Å². The van der Waals surface area contributed by atoms with Gasteiger partial charge in [0.25, 0.3) is 11.5 Å². The van der Waals surface area contributed by atoms with Gasteiger partial charge in [0.1, 0.15) is 5.75 Å². The van der Waals surface area contributed by atoms with Crippen molar-refractivity contribution in [1.29, 1.82) is 0 Å². The van der Waals surface area contributed by atoms with Crippen LogP contribution in [0.4, 0.5) is 5.69 Å². The average Bonchev–Trinajstić information content (AvgIpc) is 3.40. The third-order valence-corrected chi connectivity index (χ3v) is 11.3. The molecule has 3 aromatic carbocycles. The molecule has 1 aromatic heterocycles. The summed E-state index contributed by atoms with van der Waals surface area (Å²) in [6.45, 7) is 5.82. The first-order chi connectivity index (χ1) is 20.1. The molecule has 2 aliphatic rings. The second-order valence-corrected chi connectivity index (χ2v) is 15.7. The van der Waals surface area contributed by atoms with E-state index in [0.29, 0.717) is 34.5 Å². The van der Waals surface area contributed by atoms with E-state index >= 15 is 0 Å². The van der Waals surface area contributed by atoms with Crippen molar-refractivity contribution in [1.82, 2.24) is 9.78 Å². The Morgan fingerprint density at radius 3 is 2.60 bits per heavy atom. The van der Waals surface area contributed by atoms with Crippen LogP contribution in [0, 0.1) is 5.92 Å². The highest BCUT2D eigenvalue weighted by Crippen LogP contribution is 2.60. The van der Waals surface area contributed by atoms with Gasteiger partial charge in [-0.1, -0.05) is 37.3 Å². The first kappa shape index (κ1) is 28.3. The molecule has 0 aliphatic carbocycles. The highest BCUT2D eigenvalue weighted by molar-refractivity contribution is 6.71. The lowest BCUT2D eigenvalue weighted by Crippen LogP contribution is -2.46. The van der Waals surface area contributed by atoms with Gasteiger partial charge in [-0.2, -0.15) is 9.78 Å². The van der Waals surface area contributed by atoms with Crippen LogP contribution in [0.25, 0.3) is 16.5 Å². The first-order valence-electron chi connectivity index (χ1n) is 14.2. The van der Waals surface area contributed by atoms with Crippen molar-refractivity contribution in [3.63, 3.8) is 0 Å². The van der Waals surface area contributed by atoms with Crippen LogP contribution in [-0.2, 0) is 21.7 Å². The fourth-order valence-corrected chi connectivity index (χ4v) is 9.58. The van der Waals surface area contributed by atoms with E-state index in [-0.39, 0.29) is 36.1 Å². The van der Waals surface area contributed by atoms with Gasteiger partial charge in [-0.05, 0) is 61.5 Å². The molecule has 0 bridgehead atoms. The molecule has 1 amide bonds. The maximum atomic E-state index is 14.5. The predicted molar refractivity (Wildman–Crippen MR) is 162 cm³/mol. The monoisotopic (exact) mass is 585 g/mol. The molecule has 2 aliphatic heterocycles. The summed E-state index contributed by atoms with van der Waals surface area (Å²) in [5.41, 5.74) is 1.02. The fourth-order valence-electron chi connectivity index (χ4n) is 6.98. The molecule has 1 fully saturated rings. The minimum absolute atomic E-state index is 0.105. The van der Waals surface area contributed by atoms with Gasteiger partial charge in [0.05, 0.1) is 42.7 Å². The smallest absolute Gasteiger partial charge is 0.279 e. The SMILES string of the molecule is COc1ccc2c(c1)[C@@]1(O[C@H](CCO)[C@@H]([Si](C)(C)O)[C@@H]1C)C(=O)N2Cc1cccc(-n2ncc3ccccc3c2=O)c1. The standard InChI is InChI=1S/C32H35N3O6Si/c1-20-29(42(3,4)39)28(14-15-36)41-32(20)26-17-24(40-2)12-13-27(26)34(31(32)38)19-21-8-7-10-23(16-21)35-30(37)25-11-6-5-9-22(25)18-33-35/h5-13,16-18,20,28-29,36,39H,14-15,19H2,1-4H3/t20-,28+,29-,32+/m0/s1. The molecule has 1 spiro atoms. The van der Waals surface area contributed by atoms with E-state index in [9.17, 15) is 19.5 Å². The summed E-state index contributed by atoms with van der Waals surface area (Å²) >= 11 is 0. The molecular weight excluding hydrogens is 550 g/mol. The Balaban J connectivity index is 1.41. The lowest BCUT2D eigenvalue weighted by Gasteiger charge is -2.32. The Morgan fingerprint density at radius 2 is 1.86 bits per heavy atom. The maximum Gasteiger partial charge on any atom is 0.279 e. The van der Waals surface area contributed by atoms with Crippen LogP contribution in [0.15, 0.2) is 77.7 Å².